The van der Waals surface area contributed by atoms with Crippen molar-refractivity contribution in [2.75, 3.05) is 5.75 Å². The molecule has 21 heavy (non-hydrogen) atoms. The lowest BCUT2D eigenvalue weighted by Crippen LogP contribution is -2.14. The van der Waals surface area contributed by atoms with Crippen LogP contribution in [0.5, 0.6) is 0 Å². The Kier molecular flexibility index (Phi) is 4.98. The third-order valence-electron chi connectivity index (χ3n) is 3.31. The topological polar surface area (TPSA) is 69.2 Å². The number of para-hydroxylation sites is 1. The standard InChI is InChI=1S/C16H18N2O2S/c1-11-7-8-13(12(2)9-11)14(17)10-21-16-6-4-3-5-15(16)18(19)20/h3-9,14H,10,17H2,1-2H3. The summed E-state index contributed by atoms with van der Waals surface area (Å²) in [5.74, 6) is 0.606. The molecule has 4 nitrogen and oxygen atoms in total. The summed E-state index contributed by atoms with van der Waals surface area (Å²) in [5, 5.41) is 11.0. The number of rotatable bonds is 5. The molecule has 110 valence electrons. The Balaban J connectivity index is 2.11. The molecule has 2 rings (SSSR count). The maximum Gasteiger partial charge on any atom is 0.282 e. The monoisotopic (exact) mass is 302 g/mol. The van der Waals surface area contributed by atoms with E-state index in [0.717, 1.165) is 11.1 Å². The molecule has 2 N–H and O–H groups in total. The van der Waals surface area contributed by atoms with Crippen molar-refractivity contribution >= 4 is 17.4 Å². The Morgan fingerprint density at radius 2 is 1.95 bits per heavy atom. The Bertz CT molecular complexity index is 658. The van der Waals surface area contributed by atoms with Crippen molar-refractivity contribution in [3.8, 4) is 0 Å². The van der Waals surface area contributed by atoms with Gasteiger partial charge in [0, 0.05) is 17.9 Å². The average Bonchev–Trinajstić information content (AvgIpc) is 2.45. The summed E-state index contributed by atoms with van der Waals surface area (Å²) in [6, 6.07) is 12.8. The first-order chi connectivity index (χ1) is 9.99. The first kappa shape index (κ1) is 15.5. The number of hydrogen-bond donors (Lipinski definition) is 1. The van der Waals surface area contributed by atoms with Gasteiger partial charge in [-0.2, -0.15) is 0 Å². The third kappa shape index (κ3) is 3.83. The van der Waals surface area contributed by atoms with E-state index in [9.17, 15) is 10.1 Å². The second-order valence-corrected chi connectivity index (χ2v) is 6.06. The first-order valence-corrected chi connectivity index (χ1v) is 7.66. The van der Waals surface area contributed by atoms with E-state index in [4.69, 9.17) is 5.73 Å². The van der Waals surface area contributed by atoms with Crippen LogP contribution in [0.15, 0.2) is 47.4 Å². The molecule has 0 heterocycles. The summed E-state index contributed by atoms with van der Waals surface area (Å²) in [5.41, 5.74) is 9.81. The summed E-state index contributed by atoms with van der Waals surface area (Å²) >= 11 is 1.42. The molecule has 0 aliphatic heterocycles. The molecule has 0 bridgehead atoms. The SMILES string of the molecule is Cc1ccc(C(N)CSc2ccccc2[N+](=O)[O-])c(C)c1. The van der Waals surface area contributed by atoms with Gasteiger partial charge in [0.05, 0.1) is 9.82 Å². The summed E-state index contributed by atoms with van der Waals surface area (Å²) in [6.45, 7) is 4.09. The molecule has 0 amide bonds. The molecular formula is C16H18N2O2S. The number of thioether (sulfide) groups is 1. The minimum Gasteiger partial charge on any atom is -0.323 e. The van der Waals surface area contributed by atoms with Gasteiger partial charge in [0.25, 0.3) is 5.69 Å². The molecule has 2 aromatic carbocycles. The fraction of sp³-hybridized carbons (Fsp3) is 0.250. The Hall–Kier alpha value is -1.85. The van der Waals surface area contributed by atoms with Crippen molar-refractivity contribution in [1.29, 1.82) is 0 Å². The third-order valence-corrected chi connectivity index (χ3v) is 4.49. The van der Waals surface area contributed by atoms with E-state index >= 15 is 0 Å². The van der Waals surface area contributed by atoms with Crippen LogP contribution in [0.3, 0.4) is 0 Å². The number of nitro groups is 1. The second-order valence-electron chi connectivity index (χ2n) is 5.00. The van der Waals surface area contributed by atoms with E-state index in [1.54, 1.807) is 18.2 Å². The van der Waals surface area contributed by atoms with Crippen LogP contribution >= 0.6 is 11.8 Å². The van der Waals surface area contributed by atoms with Gasteiger partial charge in [0.1, 0.15) is 0 Å². The fourth-order valence-electron chi connectivity index (χ4n) is 2.24. The molecule has 0 saturated carbocycles. The lowest BCUT2D eigenvalue weighted by atomic mass is 10.0. The summed E-state index contributed by atoms with van der Waals surface area (Å²) in [7, 11) is 0. The van der Waals surface area contributed by atoms with Crippen LogP contribution < -0.4 is 5.73 Å². The van der Waals surface area contributed by atoms with Crippen LogP contribution in [0.1, 0.15) is 22.7 Å². The zero-order valence-corrected chi connectivity index (χ0v) is 12.9. The van der Waals surface area contributed by atoms with Crippen LogP contribution in [0.2, 0.25) is 0 Å². The predicted molar refractivity (Wildman–Crippen MR) is 86.7 cm³/mol. The molecule has 2 aromatic rings. The summed E-state index contributed by atoms with van der Waals surface area (Å²) in [4.78, 5) is 11.3. The van der Waals surface area contributed by atoms with Crippen LogP contribution in [-0.4, -0.2) is 10.7 Å². The molecule has 0 spiro atoms. The molecule has 0 aromatic heterocycles. The number of benzene rings is 2. The summed E-state index contributed by atoms with van der Waals surface area (Å²) in [6.07, 6.45) is 0. The minimum atomic E-state index is -0.356. The van der Waals surface area contributed by atoms with E-state index in [-0.39, 0.29) is 16.7 Å². The molecular weight excluding hydrogens is 284 g/mol. The quantitative estimate of drug-likeness (QED) is 0.515. The highest BCUT2D eigenvalue weighted by atomic mass is 32.2. The maximum absolute atomic E-state index is 11.0. The van der Waals surface area contributed by atoms with Gasteiger partial charge in [-0.15, -0.1) is 11.8 Å². The van der Waals surface area contributed by atoms with Gasteiger partial charge in [0.2, 0.25) is 0 Å². The Labute approximate surface area is 128 Å². The van der Waals surface area contributed by atoms with Crippen molar-refractivity contribution in [2.45, 2.75) is 24.8 Å². The van der Waals surface area contributed by atoms with Gasteiger partial charge in [-0.1, -0.05) is 35.9 Å². The highest BCUT2D eigenvalue weighted by Gasteiger charge is 2.15. The van der Waals surface area contributed by atoms with Gasteiger partial charge < -0.3 is 5.73 Å². The molecule has 0 aliphatic carbocycles. The van der Waals surface area contributed by atoms with E-state index in [2.05, 4.69) is 6.07 Å². The number of nitro benzene ring substituents is 1. The average molecular weight is 302 g/mol. The van der Waals surface area contributed by atoms with Crippen LogP contribution in [-0.2, 0) is 0 Å². The van der Waals surface area contributed by atoms with E-state index in [1.807, 2.05) is 26.0 Å². The molecule has 0 saturated heterocycles. The van der Waals surface area contributed by atoms with E-state index in [1.165, 1.54) is 23.4 Å². The predicted octanol–water partition coefficient (Wildman–Crippen LogP) is 4.00. The molecule has 0 aliphatic rings. The first-order valence-electron chi connectivity index (χ1n) is 6.68. The van der Waals surface area contributed by atoms with Crippen molar-refractivity contribution in [2.24, 2.45) is 5.73 Å². The zero-order valence-electron chi connectivity index (χ0n) is 12.1. The largest absolute Gasteiger partial charge is 0.323 e. The summed E-state index contributed by atoms with van der Waals surface area (Å²) < 4.78 is 0. The highest BCUT2D eigenvalue weighted by Crippen LogP contribution is 2.31. The van der Waals surface area contributed by atoms with Gasteiger partial charge in [-0.05, 0) is 31.0 Å². The lowest BCUT2D eigenvalue weighted by molar-refractivity contribution is -0.387. The van der Waals surface area contributed by atoms with Crippen LogP contribution in [0.4, 0.5) is 5.69 Å². The number of nitrogens with zero attached hydrogens (tertiary/aromatic N) is 1. The number of aryl methyl sites for hydroxylation is 2. The maximum atomic E-state index is 11.0. The van der Waals surface area contributed by atoms with Gasteiger partial charge in [-0.25, -0.2) is 0 Å². The van der Waals surface area contributed by atoms with E-state index in [0.29, 0.717) is 10.6 Å². The van der Waals surface area contributed by atoms with Crippen molar-refractivity contribution in [1.82, 2.24) is 0 Å². The molecule has 0 radical (unpaired) electrons. The molecule has 0 fully saturated rings. The smallest absolute Gasteiger partial charge is 0.282 e. The second kappa shape index (κ2) is 6.74. The molecule has 1 atom stereocenters. The van der Waals surface area contributed by atoms with Crippen molar-refractivity contribution in [3.05, 3.63) is 69.3 Å². The van der Waals surface area contributed by atoms with Crippen molar-refractivity contribution < 1.29 is 4.92 Å². The van der Waals surface area contributed by atoms with Crippen LogP contribution in [0, 0.1) is 24.0 Å². The van der Waals surface area contributed by atoms with E-state index < -0.39 is 0 Å². The van der Waals surface area contributed by atoms with Crippen LogP contribution in [0.25, 0.3) is 0 Å². The lowest BCUT2D eigenvalue weighted by Gasteiger charge is -2.15. The number of nitrogens with two attached hydrogens (primary N) is 1. The normalized spacial score (nSPS) is 12.1. The van der Waals surface area contributed by atoms with Gasteiger partial charge in [-0.3, -0.25) is 10.1 Å². The Morgan fingerprint density at radius 3 is 2.62 bits per heavy atom. The highest BCUT2D eigenvalue weighted by molar-refractivity contribution is 7.99. The van der Waals surface area contributed by atoms with Gasteiger partial charge in [0.15, 0.2) is 0 Å². The zero-order chi connectivity index (χ0) is 15.4. The Morgan fingerprint density at radius 1 is 1.24 bits per heavy atom. The molecule has 1 unspecified atom stereocenters. The molecule has 5 heteroatoms. The van der Waals surface area contributed by atoms with Crippen molar-refractivity contribution in [3.63, 3.8) is 0 Å². The van der Waals surface area contributed by atoms with Gasteiger partial charge >= 0.3 is 0 Å². The fourth-order valence-corrected chi connectivity index (χ4v) is 3.24. The number of hydrogen-bond acceptors (Lipinski definition) is 4. The minimum absolute atomic E-state index is 0.135.